The van der Waals surface area contributed by atoms with Crippen molar-refractivity contribution < 1.29 is 14.3 Å². The number of ether oxygens (including phenoxy) is 2. The summed E-state index contributed by atoms with van der Waals surface area (Å²) in [5.74, 6) is 0.849. The van der Waals surface area contributed by atoms with Crippen molar-refractivity contribution in [1.29, 1.82) is 0 Å². The van der Waals surface area contributed by atoms with Gasteiger partial charge in [0.2, 0.25) is 0 Å². The second-order valence-corrected chi connectivity index (χ2v) is 4.32. The fraction of sp³-hybridized carbons (Fsp3) is 0.235. The number of carbonyl (C=O) groups is 1. The Morgan fingerprint density at radius 3 is 2.33 bits per heavy atom. The number of amides is 1. The largest absolute Gasteiger partial charge is 0.490 e. The van der Waals surface area contributed by atoms with E-state index in [0.29, 0.717) is 30.3 Å². The Kier molecular flexibility index (Phi) is 5.21. The van der Waals surface area contributed by atoms with E-state index in [9.17, 15) is 4.79 Å². The van der Waals surface area contributed by atoms with Gasteiger partial charge >= 0.3 is 0 Å². The van der Waals surface area contributed by atoms with E-state index in [0.717, 1.165) is 5.69 Å². The molecule has 0 fully saturated rings. The summed E-state index contributed by atoms with van der Waals surface area (Å²) in [4.78, 5) is 12.4. The second kappa shape index (κ2) is 7.33. The molecule has 0 heterocycles. The number of benzene rings is 2. The van der Waals surface area contributed by atoms with E-state index in [2.05, 4.69) is 5.32 Å². The molecule has 0 atom stereocenters. The van der Waals surface area contributed by atoms with Gasteiger partial charge in [0.05, 0.1) is 18.8 Å². The molecule has 21 heavy (non-hydrogen) atoms. The molecule has 0 aromatic heterocycles. The van der Waals surface area contributed by atoms with Gasteiger partial charge < -0.3 is 14.8 Å². The van der Waals surface area contributed by atoms with E-state index in [1.807, 2.05) is 44.2 Å². The lowest BCUT2D eigenvalue weighted by molar-refractivity contribution is 0.102. The monoisotopic (exact) mass is 285 g/mol. The van der Waals surface area contributed by atoms with Crippen molar-refractivity contribution in [3.63, 3.8) is 0 Å². The van der Waals surface area contributed by atoms with Crippen LogP contribution in [-0.2, 0) is 0 Å². The van der Waals surface area contributed by atoms with Gasteiger partial charge in [-0.15, -0.1) is 0 Å². The molecule has 4 heteroatoms. The third kappa shape index (κ3) is 3.75. The Morgan fingerprint density at radius 1 is 0.952 bits per heavy atom. The van der Waals surface area contributed by atoms with Gasteiger partial charge in [-0.2, -0.15) is 0 Å². The van der Waals surface area contributed by atoms with Gasteiger partial charge in [-0.1, -0.05) is 24.3 Å². The molecule has 1 N–H and O–H groups in total. The Balaban J connectivity index is 2.29. The van der Waals surface area contributed by atoms with Crippen molar-refractivity contribution in [3.05, 3.63) is 54.1 Å². The fourth-order valence-corrected chi connectivity index (χ4v) is 1.98. The molecule has 0 unspecified atom stereocenters. The molecule has 0 spiro atoms. The Labute approximate surface area is 124 Å². The van der Waals surface area contributed by atoms with Crippen molar-refractivity contribution in [2.75, 3.05) is 18.5 Å². The maximum Gasteiger partial charge on any atom is 0.259 e. The number of carbonyl (C=O) groups excluding carboxylic acids is 1. The quantitative estimate of drug-likeness (QED) is 0.879. The van der Waals surface area contributed by atoms with Gasteiger partial charge in [-0.3, -0.25) is 4.79 Å². The molecule has 2 rings (SSSR count). The van der Waals surface area contributed by atoms with Gasteiger partial charge in [0, 0.05) is 5.69 Å². The highest BCUT2D eigenvalue weighted by Gasteiger charge is 2.17. The van der Waals surface area contributed by atoms with Crippen LogP contribution in [0.1, 0.15) is 24.2 Å². The standard InChI is InChI=1S/C17H19NO3/c1-3-20-15-12-8-11-14(16(15)21-4-2)17(19)18-13-9-6-5-7-10-13/h5-12H,3-4H2,1-2H3,(H,18,19). The average Bonchev–Trinajstić information content (AvgIpc) is 2.50. The van der Waals surface area contributed by atoms with E-state index >= 15 is 0 Å². The van der Waals surface area contributed by atoms with E-state index in [-0.39, 0.29) is 5.91 Å². The van der Waals surface area contributed by atoms with Crippen molar-refractivity contribution in [3.8, 4) is 11.5 Å². The van der Waals surface area contributed by atoms with Crippen molar-refractivity contribution in [2.24, 2.45) is 0 Å². The molecule has 1 amide bonds. The van der Waals surface area contributed by atoms with Crippen LogP contribution < -0.4 is 14.8 Å². The molecule has 0 aliphatic rings. The van der Waals surface area contributed by atoms with Crippen LogP contribution in [0.15, 0.2) is 48.5 Å². The summed E-state index contributed by atoms with van der Waals surface area (Å²) in [7, 11) is 0. The molecule has 0 saturated heterocycles. The van der Waals surface area contributed by atoms with Gasteiger partial charge in [-0.25, -0.2) is 0 Å². The smallest absolute Gasteiger partial charge is 0.259 e. The van der Waals surface area contributed by atoms with Crippen molar-refractivity contribution in [1.82, 2.24) is 0 Å². The molecule has 0 bridgehead atoms. The number of hydrogen-bond acceptors (Lipinski definition) is 3. The van der Waals surface area contributed by atoms with Crippen LogP contribution in [0.5, 0.6) is 11.5 Å². The van der Waals surface area contributed by atoms with E-state index in [1.165, 1.54) is 0 Å². The number of para-hydroxylation sites is 2. The molecule has 4 nitrogen and oxygen atoms in total. The van der Waals surface area contributed by atoms with E-state index in [1.54, 1.807) is 18.2 Å². The number of hydrogen-bond donors (Lipinski definition) is 1. The average molecular weight is 285 g/mol. The highest BCUT2D eigenvalue weighted by Crippen LogP contribution is 2.32. The normalized spacial score (nSPS) is 10.0. The highest BCUT2D eigenvalue weighted by atomic mass is 16.5. The topological polar surface area (TPSA) is 47.6 Å². The third-order valence-electron chi connectivity index (χ3n) is 2.84. The fourth-order valence-electron chi connectivity index (χ4n) is 1.98. The highest BCUT2D eigenvalue weighted by molar-refractivity contribution is 6.06. The zero-order chi connectivity index (χ0) is 15.1. The number of anilines is 1. The number of nitrogens with one attached hydrogen (secondary N) is 1. The minimum absolute atomic E-state index is 0.216. The Morgan fingerprint density at radius 2 is 1.67 bits per heavy atom. The molecule has 0 radical (unpaired) electrons. The first-order chi connectivity index (χ1) is 10.3. The SMILES string of the molecule is CCOc1cccc(C(=O)Nc2ccccc2)c1OCC. The predicted molar refractivity (Wildman–Crippen MR) is 83.2 cm³/mol. The summed E-state index contributed by atoms with van der Waals surface area (Å²) in [6, 6.07) is 14.6. The maximum atomic E-state index is 12.4. The summed E-state index contributed by atoms with van der Waals surface area (Å²) in [5.41, 5.74) is 1.21. The molecule has 0 aliphatic carbocycles. The van der Waals surface area contributed by atoms with Crippen LogP contribution in [-0.4, -0.2) is 19.1 Å². The first-order valence-electron chi connectivity index (χ1n) is 7.01. The summed E-state index contributed by atoms with van der Waals surface area (Å²) < 4.78 is 11.1. The summed E-state index contributed by atoms with van der Waals surface area (Å²) in [6.45, 7) is 4.76. The third-order valence-corrected chi connectivity index (χ3v) is 2.84. The summed E-state index contributed by atoms with van der Waals surface area (Å²) in [6.07, 6.45) is 0. The summed E-state index contributed by atoms with van der Waals surface area (Å²) in [5, 5.41) is 2.85. The molecular formula is C17H19NO3. The van der Waals surface area contributed by atoms with Crippen LogP contribution in [0, 0.1) is 0 Å². The van der Waals surface area contributed by atoms with Crippen LogP contribution in [0.4, 0.5) is 5.69 Å². The molecule has 2 aromatic rings. The van der Waals surface area contributed by atoms with Crippen molar-refractivity contribution in [2.45, 2.75) is 13.8 Å². The first kappa shape index (κ1) is 14.9. The van der Waals surface area contributed by atoms with Gasteiger partial charge in [0.1, 0.15) is 0 Å². The number of rotatable bonds is 6. The lowest BCUT2D eigenvalue weighted by Crippen LogP contribution is -2.14. The lowest BCUT2D eigenvalue weighted by atomic mass is 10.1. The molecular weight excluding hydrogens is 266 g/mol. The zero-order valence-electron chi connectivity index (χ0n) is 12.3. The second-order valence-electron chi connectivity index (χ2n) is 4.32. The van der Waals surface area contributed by atoms with Crippen molar-refractivity contribution >= 4 is 11.6 Å². The molecule has 2 aromatic carbocycles. The van der Waals surface area contributed by atoms with Crippen LogP contribution >= 0.6 is 0 Å². The van der Waals surface area contributed by atoms with Gasteiger partial charge in [-0.05, 0) is 38.1 Å². The molecule has 0 aliphatic heterocycles. The molecule has 110 valence electrons. The van der Waals surface area contributed by atoms with Crippen LogP contribution in [0.3, 0.4) is 0 Å². The van der Waals surface area contributed by atoms with Gasteiger partial charge in [0.25, 0.3) is 5.91 Å². The minimum Gasteiger partial charge on any atom is -0.490 e. The van der Waals surface area contributed by atoms with Gasteiger partial charge in [0.15, 0.2) is 11.5 Å². The van der Waals surface area contributed by atoms with E-state index < -0.39 is 0 Å². The Bertz CT molecular complexity index is 596. The minimum atomic E-state index is -0.216. The molecule has 0 saturated carbocycles. The lowest BCUT2D eigenvalue weighted by Gasteiger charge is -2.14. The maximum absolute atomic E-state index is 12.4. The van der Waals surface area contributed by atoms with Crippen LogP contribution in [0.2, 0.25) is 0 Å². The zero-order valence-corrected chi connectivity index (χ0v) is 12.3. The first-order valence-corrected chi connectivity index (χ1v) is 7.01. The van der Waals surface area contributed by atoms with E-state index in [4.69, 9.17) is 9.47 Å². The summed E-state index contributed by atoms with van der Waals surface area (Å²) >= 11 is 0. The Hall–Kier alpha value is -2.49. The van der Waals surface area contributed by atoms with Crippen LogP contribution in [0.25, 0.3) is 0 Å². The predicted octanol–water partition coefficient (Wildman–Crippen LogP) is 3.74.